The van der Waals surface area contributed by atoms with Crippen molar-refractivity contribution in [3.8, 4) is 0 Å². The number of hydrogen-bond donors (Lipinski definition) is 2. The molecule has 0 saturated heterocycles. The second-order valence-electron chi connectivity index (χ2n) is 4.03. The van der Waals surface area contributed by atoms with Gasteiger partial charge in [-0.3, -0.25) is 0 Å². The number of carbonyl (C=O) groups excluding carboxylic acids is 1. The summed E-state index contributed by atoms with van der Waals surface area (Å²) >= 11 is 6.08. The van der Waals surface area contributed by atoms with Gasteiger partial charge in [-0.2, -0.15) is 0 Å². The zero-order valence-electron chi connectivity index (χ0n) is 10.7. The van der Waals surface area contributed by atoms with E-state index in [1.807, 2.05) is 6.92 Å². The Bertz CT molecular complexity index is 595. The summed E-state index contributed by atoms with van der Waals surface area (Å²) < 4.78 is 4.67. The van der Waals surface area contributed by atoms with Crippen molar-refractivity contribution in [1.29, 1.82) is 0 Å². The van der Waals surface area contributed by atoms with Gasteiger partial charge in [0.2, 0.25) is 0 Å². The third-order valence-electron chi connectivity index (χ3n) is 2.61. The molecule has 0 aliphatic rings. The second-order valence-corrected chi connectivity index (χ2v) is 4.44. The number of hydrogen-bond acceptors (Lipinski definition) is 4. The number of H-pyrrole nitrogens is 1. The van der Waals surface area contributed by atoms with Gasteiger partial charge in [0, 0.05) is 0 Å². The van der Waals surface area contributed by atoms with Crippen LogP contribution in [0.1, 0.15) is 21.9 Å². The van der Waals surface area contributed by atoms with Gasteiger partial charge in [-0.25, -0.2) is 9.78 Å². The zero-order chi connectivity index (χ0) is 13.8. The molecule has 0 bridgehead atoms. The van der Waals surface area contributed by atoms with Crippen molar-refractivity contribution in [2.24, 2.45) is 0 Å². The highest BCUT2D eigenvalue weighted by Crippen LogP contribution is 2.23. The van der Waals surface area contributed by atoms with Crippen molar-refractivity contribution in [3.05, 3.63) is 46.5 Å². The summed E-state index contributed by atoms with van der Waals surface area (Å²) in [5.41, 5.74) is 2.07. The molecule has 0 amide bonds. The van der Waals surface area contributed by atoms with Gasteiger partial charge in [-0.1, -0.05) is 11.6 Å². The standard InChI is InChI=1S/C13H14ClN3O2/c1-8-15-6-10(17-8)7-16-12-5-9(13(18)19-2)3-4-11(12)14/h3-6,16H,7H2,1-2H3,(H,15,17). The van der Waals surface area contributed by atoms with E-state index in [0.717, 1.165) is 11.5 Å². The molecule has 0 spiro atoms. The highest BCUT2D eigenvalue weighted by molar-refractivity contribution is 6.33. The quantitative estimate of drug-likeness (QED) is 0.845. The predicted molar refractivity (Wildman–Crippen MR) is 73.4 cm³/mol. The fraction of sp³-hybridized carbons (Fsp3) is 0.231. The van der Waals surface area contributed by atoms with Crippen LogP contribution in [0.15, 0.2) is 24.4 Å². The number of rotatable bonds is 4. The fourth-order valence-electron chi connectivity index (χ4n) is 1.66. The van der Waals surface area contributed by atoms with E-state index in [-0.39, 0.29) is 0 Å². The van der Waals surface area contributed by atoms with E-state index in [2.05, 4.69) is 20.0 Å². The van der Waals surface area contributed by atoms with Crippen LogP contribution < -0.4 is 5.32 Å². The van der Waals surface area contributed by atoms with Gasteiger partial charge in [-0.05, 0) is 25.1 Å². The largest absolute Gasteiger partial charge is 0.465 e. The number of aromatic nitrogens is 2. The van der Waals surface area contributed by atoms with Crippen molar-refractivity contribution < 1.29 is 9.53 Å². The SMILES string of the molecule is COC(=O)c1ccc(Cl)c(NCc2cnc(C)[nH]2)c1. The Morgan fingerprint density at radius 1 is 1.53 bits per heavy atom. The van der Waals surface area contributed by atoms with Gasteiger partial charge in [0.25, 0.3) is 0 Å². The number of aryl methyl sites for hydroxylation is 1. The lowest BCUT2D eigenvalue weighted by Gasteiger charge is -2.09. The number of aromatic amines is 1. The number of nitrogens with one attached hydrogen (secondary N) is 2. The monoisotopic (exact) mass is 279 g/mol. The smallest absolute Gasteiger partial charge is 0.337 e. The Morgan fingerprint density at radius 2 is 2.32 bits per heavy atom. The number of esters is 1. The number of methoxy groups -OCH3 is 1. The Hall–Kier alpha value is -2.01. The van der Waals surface area contributed by atoms with Crippen molar-refractivity contribution in [3.63, 3.8) is 0 Å². The van der Waals surface area contributed by atoms with Crippen molar-refractivity contribution in [1.82, 2.24) is 9.97 Å². The molecule has 0 radical (unpaired) electrons. The average molecular weight is 280 g/mol. The minimum absolute atomic E-state index is 0.392. The summed E-state index contributed by atoms with van der Waals surface area (Å²) in [5, 5.41) is 3.70. The van der Waals surface area contributed by atoms with Crippen LogP contribution in [0.2, 0.25) is 5.02 Å². The maximum atomic E-state index is 11.4. The molecule has 1 heterocycles. The molecule has 0 aliphatic carbocycles. The molecule has 19 heavy (non-hydrogen) atoms. The third kappa shape index (κ3) is 3.26. The lowest BCUT2D eigenvalue weighted by Crippen LogP contribution is -2.04. The zero-order valence-corrected chi connectivity index (χ0v) is 11.4. The number of imidazole rings is 1. The molecule has 0 unspecified atom stereocenters. The molecule has 0 aliphatic heterocycles. The lowest BCUT2D eigenvalue weighted by atomic mass is 10.2. The number of ether oxygens (including phenoxy) is 1. The lowest BCUT2D eigenvalue weighted by molar-refractivity contribution is 0.0601. The van der Waals surface area contributed by atoms with Gasteiger partial charge in [-0.15, -0.1) is 0 Å². The van der Waals surface area contributed by atoms with Crippen LogP contribution >= 0.6 is 11.6 Å². The molecule has 1 aromatic carbocycles. The first-order chi connectivity index (χ1) is 9.10. The van der Waals surface area contributed by atoms with Gasteiger partial charge in [0.05, 0.1) is 41.8 Å². The van der Waals surface area contributed by atoms with Crippen LogP contribution in [0, 0.1) is 6.92 Å². The molecule has 0 saturated carbocycles. The normalized spacial score (nSPS) is 10.3. The summed E-state index contributed by atoms with van der Waals surface area (Å²) in [4.78, 5) is 18.7. The number of anilines is 1. The summed E-state index contributed by atoms with van der Waals surface area (Å²) in [5.74, 6) is 0.461. The summed E-state index contributed by atoms with van der Waals surface area (Å²) in [6.45, 7) is 2.43. The molecule has 2 N–H and O–H groups in total. The third-order valence-corrected chi connectivity index (χ3v) is 2.94. The van der Waals surface area contributed by atoms with Crippen LogP contribution in [0.3, 0.4) is 0 Å². The van der Waals surface area contributed by atoms with Crippen LogP contribution in [-0.2, 0) is 11.3 Å². The van der Waals surface area contributed by atoms with Crippen molar-refractivity contribution >= 4 is 23.3 Å². The number of benzene rings is 1. The van der Waals surface area contributed by atoms with Crippen LogP contribution in [0.4, 0.5) is 5.69 Å². The first-order valence-electron chi connectivity index (χ1n) is 5.72. The summed E-state index contributed by atoms with van der Waals surface area (Å²) in [6.07, 6.45) is 1.75. The first-order valence-corrected chi connectivity index (χ1v) is 6.10. The highest BCUT2D eigenvalue weighted by Gasteiger charge is 2.09. The van der Waals surface area contributed by atoms with E-state index in [4.69, 9.17) is 11.6 Å². The molecule has 2 aromatic rings. The Morgan fingerprint density at radius 3 is 2.95 bits per heavy atom. The van der Waals surface area contributed by atoms with E-state index >= 15 is 0 Å². The minimum Gasteiger partial charge on any atom is -0.465 e. The van der Waals surface area contributed by atoms with Crippen LogP contribution in [-0.4, -0.2) is 23.0 Å². The predicted octanol–water partition coefficient (Wildman–Crippen LogP) is 2.77. The summed E-state index contributed by atoms with van der Waals surface area (Å²) in [7, 11) is 1.34. The number of nitrogens with zero attached hydrogens (tertiary/aromatic N) is 1. The number of carbonyl (C=O) groups is 1. The maximum absolute atomic E-state index is 11.4. The van der Waals surface area contributed by atoms with Gasteiger partial charge in [0.15, 0.2) is 0 Å². The number of halogens is 1. The van der Waals surface area contributed by atoms with E-state index < -0.39 is 5.97 Å². The Balaban J connectivity index is 2.12. The average Bonchev–Trinajstić information content (AvgIpc) is 2.82. The van der Waals surface area contributed by atoms with Gasteiger partial charge in [0.1, 0.15) is 5.82 Å². The van der Waals surface area contributed by atoms with E-state index in [9.17, 15) is 4.79 Å². The fourth-order valence-corrected chi connectivity index (χ4v) is 1.84. The van der Waals surface area contributed by atoms with Crippen LogP contribution in [0.5, 0.6) is 0 Å². The van der Waals surface area contributed by atoms with E-state index in [0.29, 0.717) is 22.8 Å². The van der Waals surface area contributed by atoms with E-state index in [1.54, 1.807) is 24.4 Å². The highest BCUT2D eigenvalue weighted by atomic mass is 35.5. The first kappa shape index (κ1) is 13.4. The Kier molecular flexibility index (Phi) is 4.06. The second kappa shape index (κ2) is 5.75. The molecule has 6 heteroatoms. The Labute approximate surface area is 116 Å². The summed E-state index contributed by atoms with van der Waals surface area (Å²) in [6, 6.07) is 4.95. The molecule has 2 rings (SSSR count). The molecule has 0 fully saturated rings. The van der Waals surface area contributed by atoms with Crippen LogP contribution in [0.25, 0.3) is 0 Å². The molecular weight excluding hydrogens is 266 g/mol. The van der Waals surface area contributed by atoms with Crippen molar-refractivity contribution in [2.45, 2.75) is 13.5 Å². The molecule has 5 nitrogen and oxygen atoms in total. The molecule has 0 atom stereocenters. The molecule has 100 valence electrons. The minimum atomic E-state index is -0.392. The van der Waals surface area contributed by atoms with E-state index in [1.165, 1.54) is 7.11 Å². The molecular formula is C13H14ClN3O2. The van der Waals surface area contributed by atoms with Gasteiger partial charge >= 0.3 is 5.97 Å². The maximum Gasteiger partial charge on any atom is 0.337 e. The van der Waals surface area contributed by atoms with Gasteiger partial charge < -0.3 is 15.0 Å². The topological polar surface area (TPSA) is 67.0 Å². The van der Waals surface area contributed by atoms with Crippen molar-refractivity contribution in [2.75, 3.05) is 12.4 Å². The molecule has 1 aromatic heterocycles.